The quantitative estimate of drug-likeness (QED) is 0.772. The number of anilines is 1. The number of amides is 1. The number of rotatable bonds is 3. The highest BCUT2D eigenvalue weighted by molar-refractivity contribution is 6.04. The number of nitrogens with zero attached hydrogens (tertiary/aromatic N) is 3. The average molecular weight is 283 g/mol. The zero-order valence-corrected chi connectivity index (χ0v) is 10.7. The van der Waals surface area contributed by atoms with Crippen LogP contribution in [0.15, 0.2) is 48.5 Å². The summed E-state index contributed by atoms with van der Waals surface area (Å²) in [6.07, 6.45) is 0. The molecule has 2 N–H and O–H groups in total. The van der Waals surface area contributed by atoms with Gasteiger partial charge in [0.25, 0.3) is 5.91 Å². The number of aromatic nitrogens is 4. The zero-order valence-electron chi connectivity index (χ0n) is 10.7. The van der Waals surface area contributed by atoms with Crippen molar-refractivity contribution in [1.29, 1.82) is 0 Å². The minimum Gasteiger partial charge on any atom is -0.322 e. The largest absolute Gasteiger partial charge is 0.322 e. The van der Waals surface area contributed by atoms with Gasteiger partial charge in [-0.2, -0.15) is 5.21 Å². The molecule has 0 fully saturated rings. The number of tetrazole rings is 1. The highest BCUT2D eigenvalue weighted by Gasteiger charge is 2.08. The predicted molar refractivity (Wildman–Crippen MR) is 74.0 cm³/mol. The second-order valence-electron chi connectivity index (χ2n) is 4.28. The van der Waals surface area contributed by atoms with E-state index >= 15 is 0 Å². The maximum Gasteiger partial charge on any atom is 0.255 e. The van der Waals surface area contributed by atoms with Crippen LogP contribution in [0.2, 0.25) is 0 Å². The van der Waals surface area contributed by atoms with E-state index in [4.69, 9.17) is 0 Å². The van der Waals surface area contributed by atoms with E-state index in [2.05, 4.69) is 25.9 Å². The van der Waals surface area contributed by atoms with Gasteiger partial charge in [0, 0.05) is 16.8 Å². The number of carbonyl (C=O) groups excluding carboxylic acids is 1. The Kier molecular flexibility index (Phi) is 3.38. The van der Waals surface area contributed by atoms with Crippen LogP contribution in [0.4, 0.5) is 10.1 Å². The first kappa shape index (κ1) is 12.9. The first-order valence-electron chi connectivity index (χ1n) is 6.13. The molecule has 0 radical (unpaired) electrons. The summed E-state index contributed by atoms with van der Waals surface area (Å²) in [5.41, 5.74) is 1.69. The molecular weight excluding hydrogens is 273 g/mol. The van der Waals surface area contributed by atoms with Crippen molar-refractivity contribution in [3.05, 3.63) is 59.9 Å². The molecule has 0 saturated heterocycles. The molecule has 6 nitrogen and oxygen atoms in total. The summed E-state index contributed by atoms with van der Waals surface area (Å²) in [6.45, 7) is 0. The van der Waals surface area contributed by atoms with E-state index in [1.165, 1.54) is 24.3 Å². The van der Waals surface area contributed by atoms with E-state index < -0.39 is 0 Å². The lowest BCUT2D eigenvalue weighted by molar-refractivity contribution is 0.102. The maximum absolute atomic E-state index is 12.8. The third kappa shape index (κ3) is 2.92. The summed E-state index contributed by atoms with van der Waals surface area (Å²) in [5.74, 6) is -0.265. The first-order valence-corrected chi connectivity index (χ1v) is 6.13. The fourth-order valence-electron chi connectivity index (χ4n) is 1.82. The molecule has 0 aliphatic carbocycles. The van der Waals surface area contributed by atoms with Crippen LogP contribution >= 0.6 is 0 Å². The van der Waals surface area contributed by atoms with E-state index in [-0.39, 0.29) is 11.7 Å². The SMILES string of the molecule is O=C(Nc1cccc(-c2nn[nH]n2)c1)c1ccc(F)cc1. The molecule has 2 aromatic carbocycles. The van der Waals surface area contributed by atoms with E-state index in [0.717, 1.165) is 5.56 Å². The standard InChI is InChI=1S/C14H10FN5O/c15-11-6-4-9(5-7-11)14(21)16-12-3-1-2-10(8-12)13-17-19-20-18-13/h1-8H,(H,16,21)(H,17,18,19,20). The Morgan fingerprint density at radius 1 is 1.14 bits per heavy atom. The number of benzene rings is 2. The molecule has 7 heteroatoms. The third-order valence-electron chi connectivity index (χ3n) is 2.83. The van der Waals surface area contributed by atoms with E-state index in [1.54, 1.807) is 24.3 Å². The van der Waals surface area contributed by atoms with E-state index in [0.29, 0.717) is 17.1 Å². The zero-order chi connectivity index (χ0) is 14.7. The molecule has 1 amide bonds. The van der Waals surface area contributed by atoms with Gasteiger partial charge >= 0.3 is 0 Å². The molecule has 0 spiro atoms. The van der Waals surface area contributed by atoms with Gasteiger partial charge in [-0.3, -0.25) is 4.79 Å². The number of hydrogen-bond acceptors (Lipinski definition) is 4. The summed E-state index contributed by atoms with van der Waals surface area (Å²) in [4.78, 5) is 12.0. The van der Waals surface area contributed by atoms with Gasteiger partial charge in [-0.15, -0.1) is 10.2 Å². The third-order valence-corrected chi connectivity index (χ3v) is 2.83. The van der Waals surface area contributed by atoms with Crippen LogP contribution in [0.1, 0.15) is 10.4 Å². The Hall–Kier alpha value is -3.09. The molecular formula is C14H10FN5O. The Bertz CT molecular complexity index is 755. The average Bonchev–Trinajstić information content (AvgIpc) is 3.02. The van der Waals surface area contributed by atoms with Crippen LogP contribution in [0, 0.1) is 5.82 Å². The van der Waals surface area contributed by atoms with E-state index in [1.807, 2.05) is 0 Å². The van der Waals surface area contributed by atoms with Crippen molar-refractivity contribution in [2.24, 2.45) is 0 Å². The first-order chi connectivity index (χ1) is 10.2. The van der Waals surface area contributed by atoms with Crippen molar-refractivity contribution < 1.29 is 9.18 Å². The number of halogens is 1. The fraction of sp³-hybridized carbons (Fsp3) is 0. The molecule has 0 saturated carbocycles. The molecule has 0 aliphatic heterocycles. The summed E-state index contributed by atoms with van der Waals surface area (Å²) in [6, 6.07) is 12.4. The fourth-order valence-corrected chi connectivity index (χ4v) is 1.82. The smallest absolute Gasteiger partial charge is 0.255 e. The normalized spacial score (nSPS) is 10.3. The summed E-state index contributed by atoms with van der Waals surface area (Å²) >= 11 is 0. The van der Waals surface area contributed by atoms with Gasteiger partial charge in [0.15, 0.2) is 0 Å². The van der Waals surface area contributed by atoms with Crippen LogP contribution in [0.3, 0.4) is 0 Å². The lowest BCUT2D eigenvalue weighted by Crippen LogP contribution is -2.11. The predicted octanol–water partition coefficient (Wildman–Crippen LogP) is 2.26. The Morgan fingerprint density at radius 2 is 1.95 bits per heavy atom. The second-order valence-corrected chi connectivity index (χ2v) is 4.28. The van der Waals surface area contributed by atoms with E-state index in [9.17, 15) is 9.18 Å². The molecule has 21 heavy (non-hydrogen) atoms. The molecule has 1 aromatic heterocycles. The van der Waals surface area contributed by atoms with Crippen LogP contribution in [-0.4, -0.2) is 26.5 Å². The Labute approximate surface area is 119 Å². The number of hydrogen-bond donors (Lipinski definition) is 2. The number of H-pyrrole nitrogens is 1. The lowest BCUT2D eigenvalue weighted by Gasteiger charge is -2.06. The molecule has 0 aliphatic rings. The molecule has 104 valence electrons. The van der Waals surface area contributed by atoms with Crippen LogP contribution in [-0.2, 0) is 0 Å². The molecule has 0 unspecified atom stereocenters. The van der Waals surface area contributed by atoms with Gasteiger partial charge in [0.2, 0.25) is 5.82 Å². The van der Waals surface area contributed by atoms with Gasteiger partial charge in [0.1, 0.15) is 5.82 Å². The molecule has 3 aromatic rings. The molecule has 1 heterocycles. The Balaban J connectivity index is 1.80. The summed E-state index contributed by atoms with van der Waals surface area (Å²) in [7, 11) is 0. The van der Waals surface area contributed by atoms with Gasteiger partial charge in [-0.05, 0) is 41.6 Å². The molecule has 0 bridgehead atoms. The van der Waals surface area contributed by atoms with Gasteiger partial charge in [-0.25, -0.2) is 4.39 Å². The van der Waals surface area contributed by atoms with Crippen molar-refractivity contribution >= 4 is 11.6 Å². The number of carbonyl (C=O) groups is 1. The van der Waals surface area contributed by atoms with Crippen molar-refractivity contribution in [3.8, 4) is 11.4 Å². The highest BCUT2D eigenvalue weighted by Crippen LogP contribution is 2.19. The lowest BCUT2D eigenvalue weighted by atomic mass is 10.1. The monoisotopic (exact) mass is 283 g/mol. The van der Waals surface area contributed by atoms with Gasteiger partial charge < -0.3 is 5.32 Å². The van der Waals surface area contributed by atoms with Crippen molar-refractivity contribution in [2.45, 2.75) is 0 Å². The second kappa shape index (κ2) is 5.49. The van der Waals surface area contributed by atoms with Crippen LogP contribution < -0.4 is 5.32 Å². The van der Waals surface area contributed by atoms with Crippen molar-refractivity contribution in [3.63, 3.8) is 0 Å². The van der Waals surface area contributed by atoms with Crippen LogP contribution in [0.25, 0.3) is 11.4 Å². The Morgan fingerprint density at radius 3 is 2.67 bits per heavy atom. The maximum atomic E-state index is 12.8. The topological polar surface area (TPSA) is 83.6 Å². The number of nitrogens with one attached hydrogen (secondary N) is 2. The van der Waals surface area contributed by atoms with Gasteiger partial charge in [-0.1, -0.05) is 12.1 Å². The molecule has 0 atom stereocenters. The minimum absolute atomic E-state index is 0.319. The van der Waals surface area contributed by atoms with Crippen LogP contribution in [0.5, 0.6) is 0 Å². The van der Waals surface area contributed by atoms with Gasteiger partial charge in [0.05, 0.1) is 0 Å². The number of aromatic amines is 1. The molecule has 3 rings (SSSR count). The highest BCUT2D eigenvalue weighted by atomic mass is 19.1. The summed E-state index contributed by atoms with van der Waals surface area (Å²) < 4.78 is 12.8. The minimum atomic E-state index is -0.384. The van der Waals surface area contributed by atoms with Crippen molar-refractivity contribution in [2.75, 3.05) is 5.32 Å². The van der Waals surface area contributed by atoms with Crippen molar-refractivity contribution in [1.82, 2.24) is 20.6 Å². The summed E-state index contributed by atoms with van der Waals surface area (Å²) in [5, 5.41) is 16.3.